The first-order chi connectivity index (χ1) is 10.2. The summed E-state index contributed by atoms with van der Waals surface area (Å²) in [7, 11) is 0. The molecule has 0 bridgehead atoms. The number of nitriles is 1. The zero-order valence-electron chi connectivity index (χ0n) is 11.2. The van der Waals surface area contributed by atoms with Crippen LogP contribution in [0, 0.1) is 14.9 Å². The van der Waals surface area contributed by atoms with Crippen LogP contribution in [0.2, 0.25) is 0 Å². The SMILES string of the molecule is N#Cc1ccc(CSCC(=O)Nc2ccc(I)cc2)cc1. The van der Waals surface area contributed by atoms with E-state index in [1.54, 1.807) is 23.9 Å². The van der Waals surface area contributed by atoms with Gasteiger partial charge in [0.05, 0.1) is 17.4 Å². The molecule has 0 unspecified atom stereocenters. The molecule has 0 aromatic heterocycles. The smallest absolute Gasteiger partial charge is 0.234 e. The van der Waals surface area contributed by atoms with Gasteiger partial charge in [-0.3, -0.25) is 4.79 Å². The molecule has 0 aliphatic carbocycles. The molecule has 0 heterocycles. The molecule has 2 rings (SSSR count). The molecule has 0 saturated carbocycles. The number of halogens is 1. The summed E-state index contributed by atoms with van der Waals surface area (Å²) in [6, 6.07) is 17.2. The highest BCUT2D eigenvalue weighted by molar-refractivity contribution is 14.1. The summed E-state index contributed by atoms with van der Waals surface area (Å²) in [6.07, 6.45) is 0. The van der Waals surface area contributed by atoms with Crippen molar-refractivity contribution in [2.45, 2.75) is 5.75 Å². The highest BCUT2D eigenvalue weighted by Crippen LogP contribution is 2.15. The van der Waals surface area contributed by atoms with Crippen molar-refractivity contribution in [1.29, 1.82) is 5.26 Å². The van der Waals surface area contributed by atoms with Gasteiger partial charge in [0.25, 0.3) is 0 Å². The van der Waals surface area contributed by atoms with Crippen LogP contribution < -0.4 is 5.32 Å². The van der Waals surface area contributed by atoms with E-state index in [4.69, 9.17) is 5.26 Å². The molecule has 0 radical (unpaired) electrons. The number of hydrogen-bond acceptors (Lipinski definition) is 3. The topological polar surface area (TPSA) is 52.9 Å². The average Bonchev–Trinajstić information content (AvgIpc) is 2.50. The van der Waals surface area contributed by atoms with Crippen molar-refractivity contribution in [2.24, 2.45) is 0 Å². The molecule has 0 fully saturated rings. The first-order valence-corrected chi connectivity index (χ1v) is 8.53. The van der Waals surface area contributed by atoms with Gasteiger partial charge in [-0.1, -0.05) is 12.1 Å². The van der Waals surface area contributed by atoms with Crippen LogP contribution in [-0.2, 0) is 10.5 Å². The van der Waals surface area contributed by atoms with Gasteiger partial charge in [-0.15, -0.1) is 11.8 Å². The van der Waals surface area contributed by atoms with E-state index >= 15 is 0 Å². The van der Waals surface area contributed by atoms with Gasteiger partial charge in [0.1, 0.15) is 0 Å². The van der Waals surface area contributed by atoms with Gasteiger partial charge in [-0.2, -0.15) is 5.26 Å². The lowest BCUT2D eigenvalue weighted by atomic mass is 10.2. The van der Waals surface area contributed by atoms with Gasteiger partial charge in [-0.25, -0.2) is 0 Å². The Hall–Kier alpha value is -1.52. The number of carbonyl (C=O) groups excluding carboxylic acids is 1. The van der Waals surface area contributed by atoms with E-state index in [2.05, 4.69) is 34.0 Å². The fourth-order valence-corrected chi connectivity index (χ4v) is 2.81. The summed E-state index contributed by atoms with van der Waals surface area (Å²) < 4.78 is 1.14. The second-order valence-corrected chi connectivity index (χ2v) is 6.59. The van der Waals surface area contributed by atoms with E-state index < -0.39 is 0 Å². The van der Waals surface area contributed by atoms with Gasteiger partial charge in [0.2, 0.25) is 5.91 Å². The molecule has 3 nitrogen and oxygen atoms in total. The van der Waals surface area contributed by atoms with E-state index in [1.165, 1.54) is 0 Å². The molecule has 0 atom stereocenters. The predicted molar refractivity (Wildman–Crippen MR) is 95.1 cm³/mol. The van der Waals surface area contributed by atoms with E-state index in [0.29, 0.717) is 11.3 Å². The molecule has 0 aliphatic heterocycles. The van der Waals surface area contributed by atoms with Gasteiger partial charge >= 0.3 is 0 Å². The number of thioether (sulfide) groups is 1. The van der Waals surface area contributed by atoms with E-state index in [0.717, 1.165) is 20.6 Å². The van der Waals surface area contributed by atoms with Gasteiger partial charge in [0, 0.05) is 15.0 Å². The molecule has 5 heteroatoms. The molecule has 2 aromatic carbocycles. The maximum Gasteiger partial charge on any atom is 0.234 e. The average molecular weight is 408 g/mol. The first-order valence-electron chi connectivity index (χ1n) is 6.29. The minimum Gasteiger partial charge on any atom is -0.325 e. The minimum atomic E-state index is -0.00477. The van der Waals surface area contributed by atoms with Crippen molar-refractivity contribution in [3.63, 3.8) is 0 Å². The molecular formula is C16H13IN2OS. The van der Waals surface area contributed by atoms with Crippen LogP contribution in [0.1, 0.15) is 11.1 Å². The molecule has 0 saturated heterocycles. The lowest BCUT2D eigenvalue weighted by Gasteiger charge is -2.05. The molecule has 1 amide bonds. The van der Waals surface area contributed by atoms with Crippen molar-refractivity contribution in [3.8, 4) is 6.07 Å². The Labute approximate surface area is 141 Å². The normalized spacial score (nSPS) is 9.90. The van der Waals surface area contributed by atoms with E-state index in [-0.39, 0.29) is 5.91 Å². The van der Waals surface area contributed by atoms with Crippen molar-refractivity contribution in [1.82, 2.24) is 0 Å². The van der Waals surface area contributed by atoms with Crippen LogP contribution in [0.4, 0.5) is 5.69 Å². The van der Waals surface area contributed by atoms with Crippen LogP contribution in [0.3, 0.4) is 0 Å². The standard InChI is InChI=1S/C16H13IN2OS/c17-14-5-7-15(8-6-14)19-16(20)11-21-10-13-3-1-12(9-18)2-4-13/h1-8H,10-11H2,(H,19,20). The monoisotopic (exact) mass is 408 g/mol. The molecular weight excluding hydrogens is 395 g/mol. The van der Waals surface area contributed by atoms with Crippen LogP contribution in [0.15, 0.2) is 48.5 Å². The Bertz CT molecular complexity index is 647. The second kappa shape index (κ2) is 8.05. The minimum absolute atomic E-state index is 0.00477. The summed E-state index contributed by atoms with van der Waals surface area (Å²) in [4.78, 5) is 11.8. The van der Waals surface area contributed by atoms with Crippen LogP contribution in [0.5, 0.6) is 0 Å². The van der Waals surface area contributed by atoms with Crippen molar-refractivity contribution in [2.75, 3.05) is 11.1 Å². The molecule has 1 N–H and O–H groups in total. The third kappa shape index (κ3) is 5.40. The fourth-order valence-electron chi connectivity index (χ4n) is 1.67. The van der Waals surface area contributed by atoms with Crippen molar-refractivity contribution in [3.05, 3.63) is 63.2 Å². The van der Waals surface area contributed by atoms with Crippen molar-refractivity contribution < 1.29 is 4.79 Å². The number of amides is 1. The zero-order chi connectivity index (χ0) is 15.1. The molecule has 106 valence electrons. The predicted octanol–water partition coefficient (Wildman–Crippen LogP) is 4.03. The largest absolute Gasteiger partial charge is 0.325 e. The Morgan fingerprint density at radius 1 is 1.14 bits per heavy atom. The van der Waals surface area contributed by atoms with Gasteiger partial charge in [-0.05, 0) is 64.6 Å². The second-order valence-electron chi connectivity index (χ2n) is 4.36. The Morgan fingerprint density at radius 2 is 1.81 bits per heavy atom. The Kier molecular flexibility index (Phi) is 6.08. The fraction of sp³-hybridized carbons (Fsp3) is 0.125. The summed E-state index contributed by atoms with van der Waals surface area (Å²) in [6.45, 7) is 0. The van der Waals surface area contributed by atoms with E-state index in [9.17, 15) is 4.79 Å². The molecule has 0 aliphatic rings. The third-order valence-corrected chi connectivity index (χ3v) is 4.44. The number of nitrogens with zero attached hydrogens (tertiary/aromatic N) is 1. The van der Waals surface area contributed by atoms with E-state index in [1.807, 2.05) is 36.4 Å². The lowest BCUT2D eigenvalue weighted by molar-refractivity contribution is -0.113. The molecule has 0 spiro atoms. The Morgan fingerprint density at radius 3 is 2.43 bits per heavy atom. The highest BCUT2D eigenvalue weighted by atomic mass is 127. The number of hydrogen-bond donors (Lipinski definition) is 1. The number of nitrogens with one attached hydrogen (secondary N) is 1. The first kappa shape index (κ1) is 15.9. The maximum absolute atomic E-state index is 11.8. The number of carbonyl (C=O) groups is 1. The molecule has 2 aromatic rings. The van der Waals surface area contributed by atoms with Crippen LogP contribution >= 0.6 is 34.4 Å². The van der Waals surface area contributed by atoms with Gasteiger partial charge in [0.15, 0.2) is 0 Å². The summed E-state index contributed by atoms with van der Waals surface area (Å²) in [5.74, 6) is 1.16. The van der Waals surface area contributed by atoms with Crippen LogP contribution in [0.25, 0.3) is 0 Å². The summed E-state index contributed by atoms with van der Waals surface area (Å²) >= 11 is 3.78. The van der Waals surface area contributed by atoms with Crippen molar-refractivity contribution >= 4 is 45.9 Å². The zero-order valence-corrected chi connectivity index (χ0v) is 14.1. The summed E-state index contributed by atoms with van der Waals surface area (Å²) in [5.41, 5.74) is 2.58. The summed E-state index contributed by atoms with van der Waals surface area (Å²) in [5, 5.41) is 11.6. The lowest BCUT2D eigenvalue weighted by Crippen LogP contribution is -2.14. The number of anilines is 1. The highest BCUT2D eigenvalue weighted by Gasteiger charge is 2.03. The number of benzene rings is 2. The maximum atomic E-state index is 11.8. The quantitative estimate of drug-likeness (QED) is 0.761. The Balaban J connectivity index is 1.76. The third-order valence-electron chi connectivity index (χ3n) is 2.71. The van der Waals surface area contributed by atoms with Crippen LogP contribution in [-0.4, -0.2) is 11.7 Å². The molecule has 21 heavy (non-hydrogen) atoms. The van der Waals surface area contributed by atoms with Gasteiger partial charge < -0.3 is 5.32 Å². The number of rotatable bonds is 5.